The van der Waals surface area contributed by atoms with Crippen molar-refractivity contribution in [2.45, 2.75) is 19.9 Å². The Balaban J connectivity index is 1.48. The van der Waals surface area contributed by atoms with Crippen LogP contribution in [0.25, 0.3) is 0 Å². The molecule has 2 heterocycles. The van der Waals surface area contributed by atoms with Gasteiger partial charge in [-0.3, -0.25) is 14.6 Å². The molecule has 166 valence electrons. The normalized spacial score (nSPS) is 14.5. The highest BCUT2D eigenvalue weighted by atomic mass is 32.1. The van der Waals surface area contributed by atoms with E-state index in [9.17, 15) is 9.59 Å². The molecule has 0 radical (unpaired) electrons. The number of benzene rings is 1. The summed E-state index contributed by atoms with van der Waals surface area (Å²) in [6.07, 6.45) is 0.853. The number of aryl methyl sites for hydroxylation is 1. The van der Waals surface area contributed by atoms with Crippen molar-refractivity contribution in [3.05, 3.63) is 41.2 Å². The number of primary amides is 1. The van der Waals surface area contributed by atoms with Gasteiger partial charge in [0, 0.05) is 63.3 Å². The number of anilines is 1. The molecule has 0 bridgehead atoms. The Hall–Kier alpha value is -3.21. The molecule has 2 aromatic rings. The standard InChI is InChI=1S/C20H28N8O2S/c1-3-17-25-20(31-26-17)28-10-8-27(9-11-28)19(22-2)24-12-14-4-6-15(7-5-14)18(30)23-13-16(21)29/h4-7H,3,8-13H2,1-2H3,(H2,21,29)(H,22,24)(H,23,30). The Morgan fingerprint density at radius 3 is 2.45 bits per heavy atom. The van der Waals surface area contributed by atoms with Crippen molar-refractivity contribution >= 4 is 34.4 Å². The van der Waals surface area contributed by atoms with Gasteiger partial charge >= 0.3 is 0 Å². The van der Waals surface area contributed by atoms with Crippen LogP contribution in [-0.2, 0) is 17.8 Å². The van der Waals surface area contributed by atoms with Crippen molar-refractivity contribution in [2.75, 3.05) is 44.7 Å². The topological polar surface area (TPSA) is 129 Å². The van der Waals surface area contributed by atoms with Gasteiger partial charge in [-0.1, -0.05) is 19.1 Å². The number of rotatable bonds is 7. The Bertz CT molecular complexity index is 920. The molecule has 1 aromatic heterocycles. The van der Waals surface area contributed by atoms with Crippen molar-refractivity contribution < 1.29 is 9.59 Å². The highest BCUT2D eigenvalue weighted by Gasteiger charge is 2.22. The van der Waals surface area contributed by atoms with E-state index in [0.29, 0.717) is 12.1 Å². The van der Waals surface area contributed by atoms with Crippen LogP contribution in [0.15, 0.2) is 29.3 Å². The van der Waals surface area contributed by atoms with Crippen LogP contribution in [0, 0.1) is 0 Å². The number of nitrogens with zero attached hydrogens (tertiary/aromatic N) is 5. The summed E-state index contributed by atoms with van der Waals surface area (Å²) in [6, 6.07) is 7.19. The zero-order valence-electron chi connectivity index (χ0n) is 17.8. The van der Waals surface area contributed by atoms with Crippen molar-refractivity contribution in [1.29, 1.82) is 0 Å². The van der Waals surface area contributed by atoms with E-state index in [1.807, 2.05) is 12.1 Å². The summed E-state index contributed by atoms with van der Waals surface area (Å²) in [6.45, 7) is 5.91. The van der Waals surface area contributed by atoms with Gasteiger partial charge in [0.2, 0.25) is 11.0 Å². The summed E-state index contributed by atoms with van der Waals surface area (Å²) in [5.41, 5.74) is 6.54. The van der Waals surface area contributed by atoms with Gasteiger partial charge in [0.15, 0.2) is 5.96 Å². The molecule has 1 saturated heterocycles. The summed E-state index contributed by atoms with van der Waals surface area (Å²) in [7, 11) is 1.78. The Morgan fingerprint density at radius 1 is 1.16 bits per heavy atom. The predicted octanol–water partition coefficient (Wildman–Crippen LogP) is 0.213. The van der Waals surface area contributed by atoms with Crippen molar-refractivity contribution in [1.82, 2.24) is 24.9 Å². The first-order chi connectivity index (χ1) is 15.0. The Morgan fingerprint density at radius 2 is 1.87 bits per heavy atom. The summed E-state index contributed by atoms with van der Waals surface area (Å²) in [5, 5.41) is 6.84. The van der Waals surface area contributed by atoms with Gasteiger partial charge in [0.1, 0.15) is 5.82 Å². The average Bonchev–Trinajstić information content (AvgIpc) is 3.28. The number of hydrogen-bond acceptors (Lipinski definition) is 7. The molecule has 0 unspecified atom stereocenters. The number of carbonyl (C=O) groups excluding carboxylic acids is 2. The van der Waals surface area contributed by atoms with Crippen LogP contribution in [0.5, 0.6) is 0 Å². The number of piperazine rings is 1. The SMILES string of the molecule is CCc1nsc(N2CCN(C(=NC)NCc3ccc(C(=O)NCC(N)=O)cc3)CC2)n1. The van der Waals surface area contributed by atoms with Gasteiger partial charge in [-0.15, -0.1) is 0 Å². The Labute approximate surface area is 185 Å². The maximum absolute atomic E-state index is 12.0. The van der Waals surface area contributed by atoms with Crippen molar-refractivity contribution in [2.24, 2.45) is 10.7 Å². The molecule has 1 fully saturated rings. The van der Waals surface area contributed by atoms with E-state index in [1.54, 1.807) is 19.2 Å². The number of guanidine groups is 1. The first-order valence-electron chi connectivity index (χ1n) is 10.2. The second kappa shape index (κ2) is 10.7. The minimum absolute atomic E-state index is 0.176. The lowest BCUT2D eigenvalue weighted by molar-refractivity contribution is -0.117. The third-order valence-corrected chi connectivity index (χ3v) is 5.74. The molecular weight excluding hydrogens is 416 g/mol. The molecule has 31 heavy (non-hydrogen) atoms. The van der Waals surface area contributed by atoms with E-state index in [2.05, 4.69) is 41.7 Å². The maximum Gasteiger partial charge on any atom is 0.251 e. The molecule has 1 aromatic carbocycles. The molecule has 3 rings (SSSR count). The molecule has 11 heteroatoms. The minimum atomic E-state index is -0.574. The largest absolute Gasteiger partial charge is 0.368 e. The number of amides is 2. The molecule has 2 amide bonds. The van der Waals surface area contributed by atoms with Crippen LogP contribution in [0.2, 0.25) is 0 Å². The average molecular weight is 445 g/mol. The molecule has 10 nitrogen and oxygen atoms in total. The molecule has 0 spiro atoms. The van der Waals surface area contributed by atoms with Crippen LogP contribution in [0.4, 0.5) is 5.13 Å². The van der Waals surface area contributed by atoms with E-state index in [-0.39, 0.29) is 12.5 Å². The smallest absolute Gasteiger partial charge is 0.251 e. The van der Waals surface area contributed by atoms with E-state index in [1.165, 1.54) is 11.5 Å². The lowest BCUT2D eigenvalue weighted by Crippen LogP contribution is -2.52. The van der Waals surface area contributed by atoms with Gasteiger partial charge in [0.25, 0.3) is 5.91 Å². The second-order valence-corrected chi connectivity index (χ2v) is 7.80. The fourth-order valence-electron chi connectivity index (χ4n) is 3.18. The van der Waals surface area contributed by atoms with Crippen LogP contribution < -0.4 is 21.3 Å². The number of nitrogens with one attached hydrogen (secondary N) is 2. The van der Waals surface area contributed by atoms with Gasteiger partial charge in [-0.2, -0.15) is 4.37 Å². The van der Waals surface area contributed by atoms with Gasteiger partial charge in [0.05, 0.1) is 6.54 Å². The third-order valence-electron chi connectivity index (χ3n) is 4.93. The van der Waals surface area contributed by atoms with Crippen LogP contribution in [-0.4, -0.2) is 71.8 Å². The fourth-order valence-corrected chi connectivity index (χ4v) is 3.98. The summed E-state index contributed by atoms with van der Waals surface area (Å²) >= 11 is 1.46. The first-order valence-corrected chi connectivity index (χ1v) is 11.0. The highest BCUT2D eigenvalue weighted by molar-refractivity contribution is 7.09. The molecular formula is C20H28N8O2S. The predicted molar refractivity (Wildman–Crippen MR) is 121 cm³/mol. The van der Waals surface area contributed by atoms with Crippen molar-refractivity contribution in [3.8, 4) is 0 Å². The van der Waals surface area contributed by atoms with E-state index in [4.69, 9.17) is 5.73 Å². The molecule has 0 atom stereocenters. The first kappa shape index (κ1) is 22.5. The van der Waals surface area contributed by atoms with Crippen LogP contribution >= 0.6 is 11.5 Å². The number of aliphatic imine (C=N–C) groups is 1. The quantitative estimate of drug-likeness (QED) is 0.411. The molecule has 1 aliphatic heterocycles. The lowest BCUT2D eigenvalue weighted by atomic mass is 10.1. The molecule has 4 N–H and O–H groups in total. The van der Waals surface area contributed by atoms with Crippen LogP contribution in [0.1, 0.15) is 28.7 Å². The van der Waals surface area contributed by atoms with Crippen molar-refractivity contribution in [3.63, 3.8) is 0 Å². The maximum atomic E-state index is 12.0. The zero-order chi connectivity index (χ0) is 22.2. The molecule has 1 aliphatic rings. The zero-order valence-corrected chi connectivity index (χ0v) is 18.6. The van der Waals surface area contributed by atoms with E-state index in [0.717, 1.165) is 55.1 Å². The number of hydrogen-bond donors (Lipinski definition) is 3. The highest BCUT2D eigenvalue weighted by Crippen LogP contribution is 2.19. The van der Waals surface area contributed by atoms with Gasteiger partial charge < -0.3 is 26.2 Å². The van der Waals surface area contributed by atoms with Gasteiger partial charge in [-0.05, 0) is 17.7 Å². The fraction of sp³-hybridized carbons (Fsp3) is 0.450. The minimum Gasteiger partial charge on any atom is -0.368 e. The second-order valence-electron chi connectivity index (χ2n) is 7.07. The molecule has 0 saturated carbocycles. The third kappa shape index (κ3) is 6.14. The Kier molecular flexibility index (Phi) is 7.76. The lowest BCUT2D eigenvalue weighted by Gasteiger charge is -2.36. The summed E-state index contributed by atoms with van der Waals surface area (Å²) in [4.78, 5) is 36.2. The van der Waals surface area contributed by atoms with E-state index >= 15 is 0 Å². The van der Waals surface area contributed by atoms with Crippen LogP contribution in [0.3, 0.4) is 0 Å². The number of nitrogens with two attached hydrogens (primary N) is 1. The summed E-state index contributed by atoms with van der Waals surface area (Å²) < 4.78 is 4.37. The number of aromatic nitrogens is 2. The summed E-state index contributed by atoms with van der Waals surface area (Å²) in [5.74, 6) is 0.842. The molecule has 0 aliphatic carbocycles. The van der Waals surface area contributed by atoms with Gasteiger partial charge in [-0.25, -0.2) is 4.98 Å². The van der Waals surface area contributed by atoms with E-state index < -0.39 is 5.91 Å². The number of carbonyl (C=O) groups is 2. The monoisotopic (exact) mass is 444 g/mol.